The first-order chi connectivity index (χ1) is 15.5. The summed E-state index contributed by atoms with van der Waals surface area (Å²) in [6.45, 7) is 1.00. The van der Waals surface area contributed by atoms with Gasteiger partial charge in [0.25, 0.3) is 0 Å². The minimum atomic E-state index is -0.409. The zero-order chi connectivity index (χ0) is 22.5. The number of aromatic nitrogens is 2. The van der Waals surface area contributed by atoms with Crippen LogP contribution in [0.2, 0.25) is 5.02 Å². The van der Waals surface area contributed by atoms with Crippen LogP contribution < -0.4 is 10.6 Å². The highest BCUT2D eigenvalue weighted by atomic mass is 35.5. The molecule has 1 aliphatic rings. The number of likely N-dealkylation sites (tertiary alicyclic amines) is 1. The molecule has 32 heavy (non-hydrogen) atoms. The Kier molecular flexibility index (Phi) is 6.75. The summed E-state index contributed by atoms with van der Waals surface area (Å²) in [5.41, 5.74) is 1.63. The highest BCUT2D eigenvalue weighted by molar-refractivity contribution is 6.30. The fourth-order valence-corrected chi connectivity index (χ4v) is 4.09. The van der Waals surface area contributed by atoms with Crippen LogP contribution in [0.3, 0.4) is 0 Å². The van der Waals surface area contributed by atoms with Crippen molar-refractivity contribution in [2.75, 3.05) is 18.4 Å². The van der Waals surface area contributed by atoms with E-state index in [-0.39, 0.29) is 17.9 Å². The predicted molar refractivity (Wildman–Crippen MR) is 124 cm³/mol. The molecule has 2 atom stereocenters. The third kappa shape index (κ3) is 5.11. The first kappa shape index (κ1) is 21.9. The van der Waals surface area contributed by atoms with Crippen LogP contribution in [0.25, 0.3) is 0 Å². The lowest BCUT2D eigenvalue weighted by atomic mass is 9.96. The third-order valence-corrected chi connectivity index (χ3v) is 5.96. The third-order valence-electron chi connectivity index (χ3n) is 5.71. The summed E-state index contributed by atoms with van der Waals surface area (Å²) in [6.07, 6.45) is 5.06. The van der Waals surface area contributed by atoms with Gasteiger partial charge in [-0.25, -0.2) is 9.78 Å². The maximum Gasteiger partial charge on any atom is 0.321 e. The number of anilines is 1. The number of halogens is 1. The van der Waals surface area contributed by atoms with Crippen molar-refractivity contribution in [1.82, 2.24) is 19.8 Å². The number of rotatable bonds is 5. The Morgan fingerprint density at radius 1 is 1.12 bits per heavy atom. The van der Waals surface area contributed by atoms with Crippen molar-refractivity contribution >= 4 is 29.2 Å². The molecule has 0 aliphatic carbocycles. The molecular formula is C24H26ClN5O2. The van der Waals surface area contributed by atoms with E-state index in [1.165, 1.54) is 0 Å². The molecule has 2 aromatic carbocycles. The number of aryl methyl sites for hydroxylation is 1. The van der Waals surface area contributed by atoms with Gasteiger partial charge < -0.3 is 20.1 Å². The van der Waals surface area contributed by atoms with Crippen molar-refractivity contribution in [2.45, 2.75) is 18.9 Å². The number of hydrogen-bond acceptors (Lipinski definition) is 3. The molecule has 1 fully saturated rings. The Labute approximate surface area is 192 Å². The molecule has 0 unspecified atom stereocenters. The minimum Gasteiger partial charge on any atom is -0.342 e. The lowest BCUT2D eigenvalue weighted by molar-refractivity contribution is -0.126. The second kappa shape index (κ2) is 9.87. The second-order valence-electron chi connectivity index (χ2n) is 7.97. The molecule has 1 saturated heterocycles. The van der Waals surface area contributed by atoms with Gasteiger partial charge >= 0.3 is 6.03 Å². The number of imidazole rings is 1. The SMILES string of the molecule is Cn1ccnc1[C@@H](NC(=O)[C@@H]1CCCN(C(=O)Nc2ccccc2)C1)c1ccc(Cl)cc1. The van der Waals surface area contributed by atoms with Gasteiger partial charge in [-0.1, -0.05) is 41.9 Å². The van der Waals surface area contributed by atoms with Crippen molar-refractivity contribution in [2.24, 2.45) is 13.0 Å². The summed E-state index contributed by atoms with van der Waals surface area (Å²) in [7, 11) is 1.90. The number of amides is 3. The average molecular weight is 452 g/mol. The van der Waals surface area contributed by atoms with Gasteiger partial charge in [-0.2, -0.15) is 0 Å². The van der Waals surface area contributed by atoms with Crippen molar-refractivity contribution in [3.63, 3.8) is 0 Å². The van der Waals surface area contributed by atoms with E-state index in [1.807, 2.05) is 60.3 Å². The van der Waals surface area contributed by atoms with Gasteiger partial charge in [-0.3, -0.25) is 4.79 Å². The second-order valence-corrected chi connectivity index (χ2v) is 8.41. The predicted octanol–water partition coefficient (Wildman–Crippen LogP) is 4.22. The Morgan fingerprint density at radius 2 is 1.88 bits per heavy atom. The summed E-state index contributed by atoms with van der Waals surface area (Å²) >= 11 is 6.05. The molecule has 1 aliphatic heterocycles. The summed E-state index contributed by atoms with van der Waals surface area (Å²) in [5.74, 6) is 0.348. The molecule has 7 nitrogen and oxygen atoms in total. The normalized spacial score (nSPS) is 16.9. The van der Waals surface area contributed by atoms with Gasteiger partial charge in [0.1, 0.15) is 11.9 Å². The Bertz CT molecular complexity index is 1070. The van der Waals surface area contributed by atoms with Crippen LogP contribution in [-0.2, 0) is 11.8 Å². The van der Waals surface area contributed by atoms with Crippen molar-refractivity contribution in [3.05, 3.63) is 83.4 Å². The number of benzene rings is 2. The van der Waals surface area contributed by atoms with E-state index < -0.39 is 6.04 Å². The monoisotopic (exact) mass is 451 g/mol. The molecule has 0 bridgehead atoms. The van der Waals surface area contributed by atoms with Crippen LogP contribution in [0, 0.1) is 5.92 Å². The van der Waals surface area contributed by atoms with Crippen molar-refractivity contribution in [1.29, 1.82) is 0 Å². The van der Waals surface area contributed by atoms with Crippen LogP contribution in [0.5, 0.6) is 0 Å². The zero-order valence-corrected chi connectivity index (χ0v) is 18.6. The first-order valence-electron chi connectivity index (χ1n) is 10.7. The largest absolute Gasteiger partial charge is 0.342 e. The van der Waals surface area contributed by atoms with Crippen LogP contribution >= 0.6 is 11.6 Å². The van der Waals surface area contributed by atoms with Gasteiger partial charge in [0, 0.05) is 43.2 Å². The van der Waals surface area contributed by atoms with E-state index in [0.717, 1.165) is 29.9 Å². The van der Waals surface area contributed by atoms with Gasteiger partial charge in [0.05, 0.1) is 5.92 Å². The van der Waals surface area contributed by atoms with Crippen LogP contribution in [-0.4, -0.2) is 39.5 Å². The number of hydrogen-bond donors (Lipinski definition) is 2. The van der Waals surface area contributed by atoms with Crippen LogP contribution in [0.1, 0.15) is 30.3 Å². The quantitative estimate of drug-likeness (QED) is 0.609. The molecule has 8 heteroatoms. The summed E-state index contributed by atoms with van der Waals surface area (Å²) in [4.78, 5) is 32.1. The van der Waals surface area contributed by atoms with Gasteiger partial charge in [0.2, 0.25) is 5.91 Å². The highest BCUT2D eigenvalue weighted by Gasteiger charge is 2.31. The fraction of sp³-hybridized carbons (Fsp3) is 0.292. The number of para-hydroxylation sites is 1. The molecule has 0 radical (unpaired) electrons. The Hall–Kier alpha value is -3.32. The van der Waals surface area contributed by atoms with Crippen molar-refractivity contribution in [3.8, 4) is 0 Å². The van der Waals surface area contributed by atoms with Gasteiger partial charge in [-0.15, -0.1) is 0 Å². The number of nitrogens with zero attached hydrogens (tertiary/aromatic N) is 3. The number of urea groups is 1. The molecule has 1 aromatic heterocycles. The molecular weight excluding hydrogens is 426 g/mol. The topological polar surface area (TPSA) is 79.3 Å². The molecule has 0 spiro atoms. The smallest absolute Gasteiger partial charge is 0.321 e. The van der Waals surface area contributed by atoms with E-state index in [4.69, 9.17) is 11.6 Å². The van der Waals surface area contributed by atoms with E-state index in [0.29, 0.717) is 18.1 Å². The molecule has 2 heterocycles. The highest BCUT2D eigenvalue weighted by Crippen LogP contribution is 2.25. The molecule has 2 N–H and O–H groups in total. The molecule has 3 aromatic rings. The number of nitrogens with one attached hydrogen (secondary N) is 2. The molecule has 0 saturated carbocycles. The van der Waals surface area contributed by atoms with E-state index in [2.05, 4.69) is 15.6 Å². The summed E-state index contributed by atoms with van der Waals surface area (Å²) in [5, 5.41) is 6.68. The molecule has 4 rings (SSSR count). The molecule has 166 valence electrons. The lowest BCUT2D eigenvalue weighted by Crippen LogP contribution is -2.47. The van der Waals surface area contributed by atoms with Crippen LogP contribution in [0.15, 0.2) is 67.0 Å². The maximum atomic E-state index is 13.2. The number of piperidine rings is 1. The number of carbonyl (C=O) groups is 2. The zero-order valence-electron chi connectivity index (χ0n) is 17.9. The maximum absolute atomic E-state index is 13.2. The van der Waals surface area contributed by atoms with E-state index in [9.17, 15) is 9.59 Å². The number of carbonyl (C=O) groups excluding carboxylic acids is 2. The first-order valence-corrected chi connectivity index (χ1v) is 11.0. The Morgan fingerprint density at radius 3 is 2.56 bits per heavy atom. The minimum absolute atomic E-state index is 0.0924. The fourth-order valence-electron chi connectivity index (χ4n) is 3.97. The van der Waals surface area contributed by atoms with Gasteiger partial charge in [0.15, 0.2) is 0 Å². The van der Waals surface area contributed by atoms with E-state index >= 15 is 0 Å². The van der Waals surface area contributed by atoms with Gasteiger partial charge in [-0.05, 0) is 42.7 Å². The summed E-state index contributed by atoms with van der Waals surface area (Å²) in [6, 6.07) is 16.1. The Balaban J connectivity index is 1.46. The standard InChI is InChI=1S/C24H26ClN5O2/c1-29-15-13-26-22(29)21(17-9-11-19(25)12-10-17)28-23(31)18-6-5-14-30(16-18)24(32)27-20-7-3-2-4-8-20/h2-4,7-13,15,18,21H,5-6,14,16H2,1H3,(H,27,32)(H,28,31)/t18-,21+/m1/s1. The lowest BCUT2D eigenvalue weighted by Gasteiger charge is -2.33. The van der Waals surface area contributed by atoms with E-state index in [1.54, 1.807) is 23.2 Å². The van der Waals surface area contributed by atoms with Crippen molar-refractivity contribution < 1.29 is 9.59 Å². The van der Waals surface area contributed by atoms with Crippen LogP contribution in [0.4, 0.5) is 10.5 Å². The summed E-state index contributed by atoms with van der Waals surface area (Å²) < 4.78 is 1.89. The molecule has 3 amide bonds. The average Bonchev–Trinajstić information content (AvgIpc) is 3.24.